The quantitative estimate of drug-likeness (QED) is 0.453. The van der Waals surface area contributed by atoms with Gasteiger partial charge in [-0.15, -0.1) is 35.3 Å². The number of aryl methyl sites for hydroxylation is 2. The van der Waals surface area contributed by atoms with Crippen LogP contribution in [0.15, 0.2) is 4.99 Å². The molecule has 2 fully saturated rings. The zero-order valence-corrected chi connectivity index (χ0v) is 16.3. The van der Waals surface area contributed by atoms with Crippen LogP contribution in [0, 0.1) is 19.3 Å². The van der Waals surface area contributed by atoms with Crippen molar-refractivity contribution in [2.45, 2.75) is 46.1 Å². The van der Waals surface area contributed by atoms with Gasteiger partial charge in [-0.2, -0.15) is 0 Å². The van der Waals surface area contributed by atoms with E-state index in [4.69, 9.17) is 0 Å². The normalized spacial score (nSPS) is 20.3. The Morgan fingerprint density at radius 3 is 2.62 bits per heavy atom. The Balaban J connectivity index is 0.00000161. The molecule has 1 aromatic rings. The van der Waals surface area contributed by atoms with Gasteiger partial charge in [0, 0.05) is 25.0 Å². The summed E-state index contributed by atoms with van der Waals surface area (Å²) >= 11 is 1.78. The Bertz CT molecular complexity index is 522. The van der Waals surface area contributed by atoms with Crippen LogP contribution in [0.2, 0.25) is 0 Å². The molecule has 1 saturated carbocycles. The molecule has 4 nitrogen and oxygen atoms in total. The monoisotopic (exact) mass is 420 g/mol. The van der Waals surface area contributed by atoms with Gasteiger partial charge in [-0.3, -0.25) is 4.99 Å². The molecule has 0 amide bonds. The third-order valence-electron chi connectivity index (χ3n) is 4.77. The van der Waals surface area contributed by atoms with Crippen molar-refractivity contribution in [1.29, 1.82) is 0 Å². The summed E-state index contributed by atoms with van der Waals surface area (Å²) in [4.78, 5) is 12.7. The summed E-state index contributed by atoms with van der Waals surface area (Å²) < 4.78 is 0. The minimum atomic E-state index is 0. The molecule has 21 heavy (non-hydrogen) atoms. The van der Waals surface area contributed by atoms with Gasteiger partial charge in [0.1, 0.15) is 0 Å². The second kappa shape index (κ2) is 6.81. The summed E-state index contributed by atoms with van der Waals surface area (Å²) in [7, 11) is 1.89. The lowest BCUT2D eigenvalue weighted by molar-refractivity contribution is 0.151. The van der Waals surface area contributed by atoms with E-state index in [0.29, 0.717) is 5.41 Å². The van der Waals surface area contributed by atoms with E-state index in [0.717, 1.165) is 29.8 Å². The molecule has 1 spiro atoms. The molecule has 118 valence electrons. The van der Waals surface area contributed by atoms with Gasteiger partial charge in [0.2, 0.25) is 0 Å². The van der Waals surface area contributed by atoms with Crippen molar-refractivity contribution < 1.29 is 0 Å². The zero-order chi connectivity index (χ0) is 14.2. The van der Waals surface area contributed by atoms with Gasteiger partial charge in [0.15, 0.2) is 5.96 Å². The lowest BCUT2D eigenvalue weighted by Gasteiger charge is -2.38. The van der Waals surface area contributed by atoms with Crippen LogP contribution in [0.1, 0.15) is 41.3 Å². The minimum Gasteiger partial charge on any atom is -0.351 e. The van der Waals surface area contributed by atoms with Crippen molar-refractivity contribution in [2.75, 3.05) is 20.1 Å². The largest absolute Gasteiger partial charge is 0.351 e. The van der Waals surface area contributed by atoms with Crippen LogP contribution in [0.5, 0.6) is 0 Å². The third-order valence-corrected chi connectivity index (χ3v) is 5.84. The fourth-order valence-corrected chi connectivity index (χ4v) is 4.31. The first-order chi connectivity index (χ1) is 9.62. The number of rotatable bonds is 2. The Morgan fingerprint density at radius 2 is 2.14 bits per heavy atom. The number of hydrogen-bond donors (Lipinski definition) is 1. The van der Waals surface area contributed by atoms with E-state index in [2.05, 4.69) is 34.0 Å². The summed E-state index contributed by atoms with van der Waals surface area (Å²) in [6.45, 7) is 7.33. The van der Waals surface area contributed by atoms with Crippen LogP contribution in [-0.4, -0.2) is 36.0 Å². The van der Waals surface area contributed by atoms with Crippen LogP contribution < -0.4 is 5.32 Å². The topological polar surface area (TPSA) is 40.5 Å². The van der Waals surface area contributed by atoms with Crippen molar-refractivity contribution in [3.8, 4) is 0 Å². The number of nitrogens with one attached hydrogen (secondary N) is 1. The summed E-state index contributed by atoms with van der Waals surface area (Å²) in [6.07, 6.45) is 5.58. The summed E-state index contributed by atoms with van der Waals surface area (Å²) in [5.74, 6) is 1.05. The molecule has 0 radical (unpaired) electrons. The number of aliphatic imine (C=N–C) groups is 1. The van der Waals surface area contributed by atoms with E-state index in [1.807, 2.05) is 7.05 Å². The smallest absolute Gasteiger partial charge is 0.193 e. The van der Waals surface area contributed by atoms with E-state index in [-0.39, 0.29) is 24.0 Å². The number of guanidine groups is 1. The highest BCUT2D eigenvalue weighted by molar-refractivity contribution is 14.0. The fraction of sp³-hybridized carbons (Fsp3) is 0.733. The van der Waals surface area contributed by atoms with Gasteiger partial charge in [0.05, 0.1) is 17.2 Å². The predicted molar refractivity (Wildman–Crippen MR) is 99.7 cm³/mol. The molecular weight excluding hydrogens is 395 g/mol. The van der Waals surface area contributed by atoms with Crippen molar-refractivity contribution in [2.24, 2.45) is 10.4 Å². The van der Waals surface area contributed by atoms with Gasteiger partial charge in [-0.1, -0.05) is 6.42 Å². The molecular formula is C15H25IN4S. The molecule has 1 aromatic heterocycles. The summed E-state index contributed by atoms with van der Waals surface area (Å²) in [5.41, 5.74) is 1.77. The Kier molecular flexibility index (Phi) is 5.51. The molecule has 2 aliphatic rings. The van der Waals surface area contributed by atoms with Crippen LogP contribution in [0.4, 0.5) is 0 Å². The highest BCUT2D eigenvalue weighted by atomic mass is 127. The number of hydrogen-bond acceptors (Lipinski definition) is 3. The molecule has 1 N–H and O–H groups in total. The van der Waals surface area contributed by atoms with Crippen LogP contribution in [-0.2, 0) is 6.54 Å². The molecule has 0 atom stereocenters. The molecule has 0 unspecified atom stereocenters. The maximum absolute atomic E-state index is 4.48. The highest BCUT2D eigenvalue weighted by Gasteiger charge is 2.43. The molecule has 0 aromatic carbocycles. The third kappa shape index (κ3) is 3.52. The van der Waals surface area contributed by atoms with Gasteiger partial charge in [0.25, 0.3) is 0 Å². The van der Waals surface area contributed by atoms with Gasteiger partial charge in [-0.05, 0) is 38.5 Å². The summed E-state index contributed by atoms with van der Waals surface area (Å²) in [5, 5.41) is 4.66. The van der Waals surface area contributed by atoms with E-state index in [1.54, 1.807) is 11.3 Å². The molecule has 6 heteroatoms. The maximum atomic E-state index is 4.48. The van der Waals surface area contributed by atoms with Gasteiger partial charge >= 0.3 is 0 Å². The van der Waals surface area contributed by atoms with E-state index >= 15 is 0 Å². The first kappa shape index (κ1) is 17.0. The second-order valence-corrected chi connectivity index (χ2v) is 7.46. The molecule has 2 heterocycles. The van der Waals surface area contributed by atoms with E-state index < -0.39 is 0 Å². The fourth-order valence-electron chi connectivity index (χ4n) is 3.43. The number of aromatic nitrogens is 1. The van der Waals surface area contributed by atoms with Gasteiger partial charge in [-0.25, -0.2) is 4.98 Å². The zero-order valence-electron chi connectivity index (χ0n) is 13.1. The molecule has 1 saturated heterocycles. The highest BCUT2D eigenvalue weighted by Crippen LogP contribution is 2.47. The average Bonchev–Trinajstić information content (AvgIpc) is 2.94. The predicted octanol–water partition coefficient (Wildman–Crippen LogP) is 3.33. The van der Waals surface area contributed by atoms with Crippen molar-refractivity contribution in [1.82, 2.24) is 15.2 Å². The Morgan fingerprint density at radius 1 is 1.38 bits per heavy atom. The van der Waals surface area contributed by atoms with Crippen LogP contribution >= 0.6 is 35.3 Å². The minimum absolute atomic E-state index is 0. The van der Waals surface area contributed by atoms with Crippen molar-refractivity contribution in [3.63, 3.8) is 0 Å². The molecule has 1 aliphatic heterocycles. The lowest BCUT2D eigenvalue weighted by atomic mass is 9.68. The van der Waals surface area contributed by atoms with Crippen molar-refractivity contribution in [3.05, 3.63) is 15.6 Å². The lowest BCUT2D eigenvalue weighted by Crippen LogP contribution is -2.42. The molecule has 0 bridgehead atoms. The molecule has 1 aliphatic carbocycles. The van der Waals surface area contributed by atoms with E-state index in [9.17, 15) is 0 Å². The van der Waals surface area contributed by atoms with Gasteiger partial charge < -0.3 is 10.2 Å². The number of nitrogens with zero attached hydrogens (tertiary/aromatic N) is 3. The van der Waals surface area contributed by atoms with Crippen molar-refractivity contribution >= 4 is 41.3 Å². The van der Waals surface area contributed by atoms with E-state index in [1.165, 1.54) is 37.1 Å². The number of halogens is 1. The Hall–Kier alpha value is -0.370. The van der Waals surface area contributed by atoms with Crippen LogP contribution in [0.25, 0.3) is 0 Å². The number of thiazole rings is 1. The SMILES string of the molecule is CN=C(NCc1sc(C)nc1C)N1CCC2(CCC2)C1.I. The second-order valence-electron chi connectivity index (χ2n) is 6.17. The average molecular weight is 420 g/mol. The van der Waals surface area contributed by atoms with Crippen LogP contribution in [0.3, 0.4) is 0 Å². The first-order valence-corrected chi connectivity index (χ1v) is 8.32. The first-order valence-electron chi connectivity index (χ1n) is 7.50. The summed E-state index contributed by atoms with van der Waals surface area (Å²) in [6, 6.07) is 0. The Labute approximate surface area is 148 Å². The molecule has 3 rings (SSSR count). The standard InChI is InChI=1S/C15H24N4S.HI/c1-11-13(20-12(2)18-11)9-17-14(16-3)19-8-7-15(10-19)5-4-6-15;/h4-10H2,1-3H3,(H,16,17);1H. The maximum Gasteiger partial charge on any atom is 0.193 e. The number of likely N-dealkylation sites (tertiary alicyclic amines) is 1.